The lowest BCUT2D eigenvalue weighted by atomic mass is 10.0. The summed E-state index contributed by atoms with van der Waals surface area (Å²) in [4.78, 5) is 27.3. The van der Waals surface area contributed by atoms with Crippen LogP contribution in [0.5, 0.6) is 0 Å². The SMILES string of the molecule is CCN(CC)S(=O)(=O)c1cccc(C(=O)OC(C)C(=O)N2CCCc3ccccc32)c1. The average molecular weight is 445 g/mol. The lowest BCUT2D eigenvalue weighted by Crippen LogP contribution is -2.42. The van der Waals surface area contributed by atoms with Crippen molar-refractivity contribution in [3.8, 4) is 0 Å². The highest BCUT2D eigenvalue weighted by Gasteiger charge is 2.29. The van der Waals surface area contributed by atoms with Crippen LogP contribution in [0.1, 0.15) is 43.1 Å². The maximum atomic E-state index is 13.0. The maximum absolute atomic E-state index is 13.0. The fourth-order valence-electron chi connectivity index (χ4n) is 3.76. The number of amides is 1. The van der Waals surface area contributed by atoms with Crippen LogP contribution < -0.4 is 4.90 Å². The number of hydrogen-bond acceptors (Lipinski definition) is 5. The quantitative estimate of drug-likeness (QED) is 0.612. The molecule has 3 rings (SSSR count). The number of rotatable bonds is 7. The molecule has 1 amide bonds. The van der Waals surface area contributed by atoms with Gasteiger partial charge in [0.2, 0.25) is 10.0 Å². The van der Waals surface area contributed by atoms with Gasteiger partial charge in [0.1, 0.15) is 0 Å². The van der Waals surface area contributed by atoms with Crippen molar-refractivity contribution in [2.75, 3.05) is 24.5 Å². The first kappa shape index (κ1) is 23.0. The zero-order chi connectivity index (χ0) is 22.6. The van der Waals surface area contributed by atoms with E-state index in [0.717, 1.165) is 24.1 Å². The summed E-state index contributed by atoms with van der Waals surface area (Å²) in [7, 11) is -3.70. The van der Waals surface area contributed by atoms with E-state index in [9.17, 15) is 18.0 Å². The number of fused-ring (bicyclic) bond motifs is 1. The molecule has 0 bridgehead atoms. The van der Waals surface area contributed by atoms with Gasteiger partial charge in [0.15, 0.2) is 6.10 Å². The van der Waals surface area contributed by atoms with Gasteiger partial charge in [-0.2, -0.15) is 4.31 Å². The molecule has 0 aliphatic carbocycles. The first-order valence-electron chi connectivity index (χ1n) is 10.5. The maximum Gasteiger partial charge on any atom is 0.338 e. The summed E-state index contributed by atoms with van der Waals surface area (Å²) in [5.41, 5.74) is 2.02. The van der Waals surface area contributed by atoms with Crippen LogP contribution in [0.3, 0.4) is 0 Å². The van der Waals surface area contributed by atoms with Gasteiger partial charge in [0.05, 0.1) is 10.5 Å². The van der Waals surface area contributed by atoms with Crippen LogP contribution in [0.2, 0.25) is 0 Å². The Morgan fingerprint density at radius 3 is 2.52 bits per heavy atom. The van der Waals surface area contributed by atoms with E-state index in [1.807, 2.05) is 24.3 Å². The number of hydrogen-bond donors (Lipinski definition) is 0. The second-order valence-corrected chi connectivity index (χ2v) is 9.32. The Balaban J connectivity index is 1.76. The summed E-state index contributed by atoms with van der Waals surface area (Å²) in [5, 5.41) is 0. The Hall–Kier alpha value is -2.71. The van der Waals surface area contributed by atoms with Crippen LogP contribution >= 0.6 is 0 Å². The number of nitrogens with zero attached hydrogens (tertiary/aromatic N) is 2. The molecule has 0 saturated carbocycles. The van der Waals surface area contributed by atoms with Crippen molar-refractivity contribution in [2.24, 2.45) is 0 Å². The lowest BCUT2D eigenvalue weighted by molar-refractivity contribution is -0.126. The van der Waals surface area contributed by atoms with Gasteiger partial charge < -0.3 is 9.64 Å². The topological polar surface area (TPSA) is 84.0 Å². The third-order valence-electron chi connectivity index (χ3n) is 5.42. The second-order valence-electron chi connectivity index (χ2n) is 7.39. The fraction of sp³-hybridized carbons (Fsp3) is 0.391. The molecule has 2 aromatic rings. The van der Waals surface area contributed by atoms with E-state index in [-0.39, 0.29) is 16.4 Å². The summed E-state index contributed by atoms with van der Waals surface area (Å²) >= 11 is 0. The van der Waals surface area contributed by atoms with E-state index >= 15 is 0 Å². The van der Waals surface area contributed by atoms with Crippen molar-refractivity contribution in [2.45, 2.75) is 44.6 Å². The number of anilines is 1. The molecule has 0 fully saturated rings. The Labute approximate surface area is 183 Å². The summed E-state index contributed by atoms with van der Waals surface area (Å²) in [6.45, 7) is 6.27. The van der Waals surface area contributed by atoms with E-state index < -0.39 is 22.1 Å². The molecule has 2 aromatic carbocycles. The van der Waals surface area contributed by atoms with Crippen LogP contribution in [0.15, 0.2) is 53.4 Å². The molecule has 1 heterocycles. The fourth-order valence-corrected chi connectivity index (χ4v) is 5.26. The smallest absolute Gasteiger partial charge is 0.338 e. The minimum absolute atomic E-state index is 0.0228. The summed E-state index contributed by atoms with van der Waals surface area (Å²) < 4.78 is 32.2. The molecule has 166 valence electrons. The van der Waals surface area contributed by atoms with Crippen molar-refractivity contribution in [1.82, 2.24) is 4.31 Å². The standard InChI is InChI=1S/C23H28N2O5S/c1-4-24(5-2)31(28,29)20-13-8-11-19(16-20)23(27)30-17(3)22(26)25-15-9-12-18-10-6-7-14-21(18)25/h6-8,10-11,13-14,16-17H,4-5,9,12,15H2,1-3H3. The van der Waals surface area contributed by atoms with Gasteiger partial charge in [0.25, 0.3) is 5.91 Å². The average Bonchev–Trinajstić information content (AvgIpc) is 2.78. The lowest BCUT2D eigenvalue weighted by Gasteiger charge is -2.31. The van der Waals surface area contributed by atoms with Gasteiger partial charge in [-0.1, -0.05) is 38.1 Å². The van der Waals surface area contributed by atoms with Crippen molar-refractivity contribution >= 4 is 27.6 Å². The van der Waals surface area contributed by atoms with Gasteiger partial charge >= 0.3 is 5.97 Å². The number of para-hydroxylation sites is 1. The van der Waals surface area contributed by atoms with Crippen LogP contribution in [-0.4, -0.2) is 50.3 Å². The third-order valence-corrected chi connectivity index (χ3v) is 7.47. The first-order valence-corrected chi connectivity index (χ1v) is 11.9. The molecule has 0 spiro atoms. The molecule has 1 unspecified atom stereocenters. The number of aryl methyl sites for hydroxylation is 1. The normalized spacial score (nSPS) is 14.8. The largest absolute Gasteiger partial charge is 0.449 e. The minimum atomic E-state index is -3.70. The molecule has 1 aliphatic heterocycles. The van der Waals surface area contributed by atoms with E-state index in [2.05, 4.69) is 0 Å². The molecule has 0 N–H and O–H groups in total. The second kappa shape index (κ2) is 9.62. The van der Waals surface area contributed by atoms with Crippen molar-refractivity contribution in [3.05, 3.63) is 59.7 Å². The monoisotopic (exact) mass is 444 g/mol. The van der Waals surface area contributed by atoms with Crippen molar-refractivity contribution in [3.63, 3.8) is 0 Å². The van der Waals surface area contributed by atoms with E-state index in [0.29, 0.717) is 19.6 Å². The molecule has 0 saturated heterocycles. The van der Waals surface area contributed by atoms with Crippen LogP contribution in [0.4, 0.5) is 5.69 Å². The van der Waals surface area contributed by atoms with E-state index in [1.165, 1.54) is 35.5 Å². The third kappa shape index (κ3) is 4.80. The highest BCUT2D eigenvalue weighted by molar-refractivity contribution is 7.89. The Morgan fingerprint density at radius 1 is 1.10 bits per heavy atom. The molecule has 8 heteroatoms. The number of esters is 1. The Kier molecular flexibility index (Phi) is 7.12. The zero-order valence-electron chi connectivity index (χ0n) is 18.1. The minimum Gasteiger partial charge on any atom is -0.449 e. The van der Waals surface area contributed by atoms with Gasteiger partial charge in [-0.3, -0.25) is 4.79 Å². The predicted molar refractivity (Wildman–Crippen MR) is 119 cm³/mol. The van der Waals surface area contributed by atoms with Gasteiger partial charge in [0, 0.05) is 25.3 Å². The Morgan fingerprint density at radius 2 is 1.81 bits per heavy atom. The number of sulfonamides is 1. The molecule has 1 aliphatic rings. The van der Waals surface area contributed by atoms with Crippen LogP contribution in [0, 0.1) is 0 Å². The zero-order valence-corrected chi connectivity index (χ0v) is 18.9. The van der Waals surface area contributed by atoms with E-state index in [4.69, 9.17) is 4.74 Å². The van der Waals surface area contributed by atoms with Crippen LogP contribution in [-0.2, 0) is 26.0 Å². The molecule has 0 aromatic heterocycles. The first-order chi connectivity index (χ1) is 14.8. The van der Waals surface area contributed by atoms with Gasteiger partial charge in [-0.25, -0.2) is 13.2 Å². The number of carbonyl (C=O) groups is 2. The summed E-state index contributed by atoms with van der Waals surface area (Å²) in [6, 6.07) is 13.4. The van der Waals surface area contributed by atoms with Crippen molar-refractivity contribution in [1.29, 1.82) is 0 Å². The van der Waals surface area contributed by atoms with Gasteiger partial charge in [-0.15, -0.1) is 0 Å². The molecule has 7 nitrogen and oxygen atoms in total. The van der Waals surface area contributed by atoms with Crippen molar-refractivity contribution < 1.29 is 22.7 Å². The summed E-state index contributed by atoms with van der Waals surface area (Å²) in [6.07, 6.45) is 0.748. The predicted octanol–water partition coefficient (Wildman–Crippen LogP) is 3.24. The molecule has 1 atom stereocenters. The molecular weight excluding hydrogens is 416 g/mol. The number of carbonyl (C=O) groups excluding carboxylic acids is 2. The molecular formula is C23H28N2O5S. The highest BCUT2D eigenvalue weighted by Crippen LogP contribution is 2.27. The molecule has 31 heavy (non-hydrogen) atoms. The molecule has 0 radical (unpaired) electrons. The Bertz CT molecular complexity index is 1060. The van der Waals surface area contributed by atoms with Crippen LogP contribution in [0.25, 0.3) is 0 Å². The number of ether oxygens (including phenoxy) is 1. The summed E-state index contributed by atoms with van der Waals surface area (Å²) in [5.74, 6) is -1.03. The number of benzene rings is 2. The van der Waals surface area contributed by atoms with E-state index in [1.54, 1.807) is 18.7 Å². The highest BCUT2D eigenvalue weighted by atomic mass is 32.2. The van der Waals surface area contributed by atoms with Gasteiger partial charge in [-0.05, 0) is 49.6 Å².